The molecule has 5 nitrogen and oxygen atoms in total. The maximum absolute atomic E-state index is 12.1. The zero-order chi connectivity index (χ0) is 13.9. The number of carbonyl (C=O) groups is 1. The minimum absolute atomic E-state index is 0.109. The second kappa shape index (κ2) is 5.53. The first-order valence-electron chi connectivity index (χ1n) is 7.15. The summed E-state index contributed by atoms with van der Waals surface area (Å²) >= 11 is 0. The Kier molecular flexibility index (Phi) is 3.58. The van der Waals surface area contributed by atoms with Gasteiger partial charge >= 0.3 is 0 Å². The lowest BCUT2D eigenvalue weighted by molar-refractivity contribution is 0.0922. The molecular weight excluding hydrogens is 254 g/mol. The molecule has 3 rings (SSSR count). The van der Waals surface area contributed by atoms with Gasteiger partial charge in [-0.05, 0) is 31.9 Å². The fourth-order valence-electron chi connectivity index (χ4n) is 2.65. The van der Waals surface area contributed by atoms with Gasteiger partial charge in [0, 0.05) is 12.1 Å². The molecule has 0 saturated heterocycles. The molecule has 5 heteroatoms. The van der Waals surface area contributed by atoms with E-state index in [2.05, 4.69) is 15.5 Å². The molecule has 0 spiro atoms. The Morgan fingerprint density at radius 3 is 2.85 bits per heavy atom. The van der Waals surface area contributed by atoms with Crippen molar-refractivity contribution in [1.29, 1.82) is 0 Å². The summed E-state index contributed by atoms with van der Waals surface area (Å²) in [6.07, 6.45) is 5.81. The van der Waals surface area contributed by atoms with E-state index in [0.717, 1.165) is 24.3 Å². The predicted octanol–water partition coefficient (Wildman–Crippen LogP) is 3.04. The first-order chi connectivity index (χ1) is 9.72. The third-order valence-electron chi connectivity index (χ3n) is 3.76. The fourth-order valence-corrected chi connectivity index (χ4v) is 2.65. The molecule has 0 radical (unpaired) electrons. The van der Waals surface area contributed by atoms with Crippen LogP contribution in [0.25, 0.3) is 11.5 Å². The Balaban J connectivity index is 1.68. The summed E-state index contributed by atoms with van der Waals surface area (Å²) in [5.74, 6) is 1.43. The maximum Gasteiger partial charge on any atom is 0.272 e. The zero-order valence-electron chi connectivity index (χ0n) is 11.6. The van der Waals surface area contributed by atoms with Gasteiger partial charge in [0.2, 0.25) is 0 Å². The van der Waals surface area contributed by atoms with Crippen LogP contribution in [0.5, 0.6) is 0 Å². The third kappa shape index (κ3) is 2.76. The van der Waals surface area contributed by atoms with Crippen LogP contribution < -0.4 is 5.32 Å². The van der Waals surface area contributed by atoms with E-state index in [9.17, 15) is 4.79 Å². The molecule has 1 aliphatic rings. The van der Waals surface area contributed by atoms with Crippen molar-refractivity contribution >= 4 is 5.91 Å². The van der Waals surface area contributed by atoms with Crippen molar-refractivity contribution < 1.29 is 9.21 Å². The van der Waals surface area contributed by atoms with Gasteiger partial charge in [-0.3, -0.25) is 9.89 Å². The average Bonchev–Trinajstić information content (AvgIpc) is 3.08. The van der Waals surface area contributed by atoms with Crippen LogP contribution >= 0.6 is 0 Å². The Bertz CT molecular complexity index is 594. The second-order valence-corrected chi connectivity index (χ2v) is 5.39. The molecule has 2 aromatic rings. The van der Waals surface area contributed by atoms with E-state index in [1.165, 1.54) is 19.3 Å². The standard InChI is InChI=1S/C15H19N3O2/c1-10-7-8-14(20-10)12-9-13(18-17-12)15(19)16-11-5-3-2-4-6-11/h7-9,11H,2-6H2,1H3,(H,16,19)(H,17,18). The van der Waals surface area contributed by atoms with Crippen LogP contribution in [-0.4, -0.2) is 22.1 Å². The highest BCUT2D eigenvalue weighted by atomic mass is 16.3. The van der Waals surface area contributed by atoms with Gasteiger partial charge in [-0.2, -0.15) is 5.10 Å². The van der Waals surface area contributed by atoms with Crippen LogP contribution in [-0.2, 0) is 0 Å². The molecule has 2 aromatic heterocycles. The molecule has 0 aromatic carbocycles. The van der Waals surface area contributed by atoms with Crippen LogP contribution in [0, 0.1) is 6.92 Å². The largest absolute Gasteiger partial charge is 0.460 e. The van der Waals surface area contributed by atoms with Crippen molar-refractivity contribution in [3.05, 3.63) is 29.7 Å². The summed E-state index contributed by atoms with van der Waals surface area (Å²) in [7, 11) is 0. The highest BCUT2D eigenvalue weighted by Crippen LogP contribution is 2.21. The van der Waals surface area contributed by atoms with Crippen molar-refractivity contribution in [2.24, 2.45) is 0 Å². The number of H-pyrrole nitrogens is 1. The van der Waals surface area contributed by atoms with E-state index < -0.39 is 0 Å². The van der Waals surface area contributed by atoms with Gasteiger partial charge in [0.15, 0.2) is 11.5 Å². The van der Waals surface area contributed by atoms with Gasteiger partial charge in [0.1, 0.15) is 11.5 Å². The van der Waals surface area contributed by atoms with Crippen molar-refractivity contribution in [2.45, 2.75) is 45.1 Å². The number of hydrogen-bond acceptors (Lipinski definition) is 3. The van der Waals surface area contributed by atoms with E-state index in [0.29, 0.717) is 17.5 Å². The Hall–Kier alpha value is -2.04. The summed E-state index contributed by atoms with van der Waals surface area (Å²) in [6, 6.07) is 5.78. The van der Waals surface area contributed by atoms with E-state index in [1.807, 2.05) is 19.1 Å². The van der Waals surface area contributed by atoms with Crippen molar-refractivity contribution in [1.82, 2.24) is 15.5 Å². The molecule has 1 fully saturated rings. The first-order valence-corrected chi connectivity index (χ1v) is 7.15. The third-order valence-corrected chi connectivity index (χ3v) is 3.76. The molecule has 106 valence electrons. The minimum Gasteiger partial charge on any atom is -0.460 e. The lowest BCUT2D eigenvalue weighted by Crippen LogP contribution is -2.36. The molecule has 20 heavy (non-hydrogen) atoms. The summed E-state index contributed by atoms with van der Waals surface area (Å²) in [6.45, 7) is 1.89. The first kappa shape index (κ1) is 13.0. The topological polar surface area (TPSA) is 70.9 Å². The number of amides is 1. The predicted molar refractivity (Wildman–Crippen MR) is 75.4 cm³/mol. The number of aromatic nitrogens is 2. The van der Waals surface area contributed by atoms with Gasteiger partial charge < -0.3 is 9.73 Å². The molecule has 2 N–H and O–H groups in total. The Morgan fingerprint density at radius 2 is 2.15 bits per heavy atom. The lowest BCUT2D eigenvalue weighted by atomic mass is 9.95. The van der Waals surface area contributed by atoms with Crippen LogP contribution in [0.15, 0.2) is 22.6 Å². The quantitative estimate of drug-likeness (QED) is 0.903. The van der Waals surface area contributed by atoms with Crippen molar-refractivity contribution in [3.63, 3.8) is 0 Å². The molecule has 0 unspecified atom stereocenters. The number of nitrogens with zero attached hydrogens (tertiary/aromatic N) is 1. The van der Waals surface area contributed by atoms with E-state index in [1.54, 1.807) is 6.07 Å². The highest BCUT2D eigenvalue weighted by Gasteiger charge is 2.19. The molecular formula is C15H19N3O2. The molecule has 1 aliphatic carbocycles. The van der Waals surface area contributed by atoms with Gasteiger partial charge in [-0.25, -0.2) is 0 Å². The monoisotopic (exact) mass is 273 g/mol. The zero-order valence-corrected chi connectivity index (χ0v) is 11.6. The van der Waals surface area contributed by atoms with E-state index in [4.69, 9.17) is 4.42 Å². The van der Waals surface area contributed by atoms with Gasteiger partial charge in [-0.1, -0.05) is 19.3 Å². The smallest absolute Gasteiger partial charge is 0.272 e. The van der Waals surface area contributed by atoms with Crippen molar-refractivity contribution in [2.75, 3.05) is 0 Å². The molecule has 2 heterocycles. The van der Waals surface area contributed by atoms with E-state index in [-0.39, 0.29) is 5.91 Å². The van der Waals surface area contributed by atoms with E-state index >= 15 is 0 Å². The Labute approximate surface area is 117 Å². The van der Waals surface area contributed by atoms with Crippen LogP contribution in [0.4, 0.5) is 0 Å². The summed E-state index contributed by atoms with van der Waals surface area (Å²) in [5.41, 5.74) is 1.14. The number of aryl methyl sites for hydroxylation is 1. The molecule has 0 aliphatic heterocycles. The Morgan fingerprint density at radius 1 is 1.35 bits per heavy atom. The SMILES string of the molecule is Cc1ccc(-c2cc(C(=O)NC3CCCCC3)n[nH]2)o1. The number of rotatable bonds is 3. The van der Waals surface area contributed by atoms with Crippen LogP contribution in [0.3, 0.4) is 0 Å². The van der Waals surface area contributed by atoms with Crippen molar-refractivity contribution in [3.8, 4) is 11.5 Å². The molecule has 0 atom stereocenters. The summed E-state index contributed by atoms with van der Waals surface area (Å²) in [5, 5.41) is 9.97. The van der Waals surface area contributed by atoms with Gasteiger partial charge in [-0.15, -0.1) is 0 Å². The molecule has 1 saturated carbocycles. The highest BCUT2D eigenvalue weighted by molar-refractivity contribution is 5.93. The molecule has 0 bridgehead atoms. The number of furan rings is 1. The normalized spacial score (nSPS) is 16.2. The number of carbonyl (C=O) groups excluding carboxylic acids is 1. The summed E-state index contributed by atoms with van der Waals surface area (Å²) in [4.78, 5) is 12.1. The lowest BCUT2D eigenvalue weighted by Gasteiger charge is -2.22. The second-order valence-electron chi connectivity index (χ2n) is 5.39. The van der Waals surface area contributed by atoms with Gasteiger partial charge in [0.25, 0.3) is 5.91 Å². The number of aromatic amines is 1. The summed E-state index contributed by atoms with van der Waals surface area (Å²) < 4.78 is 5.51. The minimum atomic E-state index is -0.109. The number of hydrogen-bond donors (Lipinski definition) is 2. The van der Waals surface area contributed by atoms with Crippen LogP contribution in [0.2, 0.25) is 0 Å². The number of nitrogens with one attached hydrogen (secondary N) is 2. The van der Waals surface area contributed by atoms with Gasteiger partial charge in [0.05, 0.1) is 0 Å². The average molecular weight is 273 g/mol. The maximum atomic E-state index is 12.1. The van der Waals surface area contributed by atoms with Crippen LogP contribution in [0.1, 0.15) is 48.4 Å². The fraction of sp³-hybridized carbons (Fsp3) is 0.467. The molecule has 1 amide bonds.